The molecule has 0 aliphatic heterocycles. The van der Waals surface area contributed by atoms with Crippen molar-refractivity contribution in [2.75, 3.05) is 6.61 Å². The number of hydrogen-bond acceptors (Lipinski definition) is 3. The average molecular weight is 349 g/mol. The molecule has 0 radical (unpaired) electrons. The fourth-order valence-corrected chi connectivity index (χ4v) is 2.25. The molecule has 130 valence electrons. The molecule has 0 atom stereocenters. The molecule has 8 heteroatoms. The normalized spacial score (nSPS) is 11.5. The third kappa shape index (κ3) is 4.50. The second kappa shape index (κ2) is 6.84. The molecule has 0 unspecified atom stereocenters. The van der Waals surface area contributed by atoms with E-state index in [1.807, 2.05) is 30.5 Å². The molecule has 0 bridgehead atoms. The van der Waals surface area contributed by atoms with Crippen LogP contribution in [0.15, 0.2) is 48.8 Å². The van der Waals surface area contributed by atoms with Crippen LogP contribution in [0.2, 0.25) is 0 Å². The van der Waals surface area contributed by atoms with Crippen molar-refractivity contribution < 1.29 is 22.7 Å². The van der Waals surface area contributed by atoms with Crippen molar-refractivity contribution >= 4 is 16.8 Å². The van der Waals surface area contributed by atoms with Crippen LogP contribution in [0.1, 0.15) is 15.9 Å². The summed E-state index contributed by atoms with van der Waals surface area (Å²) in [6, 6.07) is 10.3. The monoisotopic (exact) mass is 349 g/mol. The third-order valence-electron chi connectivity index (χ3n) is 3.45. The zero-order valence-corrected chi connectivity index (χ0v) is 12.9. The molecule has 25 heavy (non-hydrogen) atoms. The van der Waals surface area contributed by atoms with E-state index in [4.69, 9.17) is 0 Å². The first-order valence-corrected chi connectivity index (χ1v) is 7.40. The first kappa shape index (κ1) is 16.8. The van der Waals surface area contributed by atoms with E-state index in [-0.39, 0.29) is 17.4 Å². The van der Waals surface area contributed by atoms with Gasteiger partial charge in [-0.2, -0.15) is 13.2 Å². The van der Waals surface area contributed by atoms with Crippen LogP contribution < -0.4 is 10.1 Å². The molecule has 1 amide bonds. The van der Waals surface area contributed by atoms with Gasteiger partial charge < -0.3 is 15.0 Å². The predicted octanol–water partition coefficient (Wildman–Crippen LogP) is 3.43. The summed E-state index contributed by atoms with van der Waals surface area (Å²) in [6.07, 6.45) is -1.42. The maximum absolute atomic E-state index is 12.1. The van der Waals surface area contributed by atoms with Gasteiger partial charge in [-0.05, 0) is 35.2 Å². The molecule has 0 fully saturated rings. The van der Waals surface area contributed by atoms with Gasteiger partial charge in [0.2, 0.25) is 5.88 Å². The van der Waals surface area contributed by atoms with E-state index in [0.717, 1.165) is 16.5 Å². The Kier molecular flexibility index (Phi) is 4.60. The van der Waals surface area contributed by atoms with Crippen molar-refractivity contribution in [3.63, 3.8) is 0 Å². The van der Waals surface area contributed by atoms with Crippen LogP contribution in [0.4, 0.5) is 13.2 Å². The van der Waals surface area contributed by atoms with E-state index in [2.05, 4.69) is 20.0 Å². The standard InChI is InChI=1S/C17H14F3N3O2/c18-17(19,20)10-25-15-4-2-13(9-22-15)16(24)23-8-11-1-3-14-12(7-11)5-6-21-14/h1-7,9,21H,8,10H2,(H,23,24). The molecule has 2 N–H and O–H groups in total. The molecule has 0 aliphatic rings. The number of aromatic nitrogens is 2. The summed E-state index contributed by atoms with van der Waals surface area (Å²) in [5.74, 6) is -0.559. The minimum Gasteiger partial charge on any atom is -0.468 e. The fourth-order valence-electron chi connectivity index (χ4n) is 2.25. The molecule has 5 nitrogen and oxygen atoms in total. The summed E-state index contributed by atoms with van der Waals surface area (Å²) in [4.78, 5) is 18.9. The van der Waals surface area contributed by atoms with Gasteiger partial charge in [-0.25, -0.2) is 4.98 Å². The fraction of sp³-hybridized carbons (Fsp3) is 0.176. The number of hydrogen-bond donors (Lipinski definition) is 2. The quantitative estimate of drug-likeness (QED) is 0.742. The lowest BCUT2D eigenvalue weighted by molar-refractivity contribution is -0.154. The SMILES string of the molecule is O=C(NCc1ccc2[nH]ccc2c1)c1ccc(OCC(F)(F)F)nc1. The first-order chi connectivity index (χ1) is 11.9. The molecule has 3 aromatic rings. The molecule has 1 aromatic carbocycles. The Morgan fingerprint density at radius 2 is 2.04 bits per heavy atom. The number of rotatable bonds is 5. The minimum atomic E-state index is -4.43. The lowest BCUT2D eigenvalue weighted by atomic mass is 10.1. The van der Waals surface area contributed by atoms with Gasteiger partial charge in [0.15, 0.2) is 6.61 Å². The zero-order valence-electron chi connectivity index (χ0n) is 12.9. The van der Waals surface area contributed by atoms with Crippen molar-refractivity contribution in [1.29, 1.82) is 0 Å². The highest BCUT2D eigenvalue weighted by Gasteiger charge is 2.28. The van der Waals surface area contributed by atoms with Gasteiger partial charge in [-0.3, -0.25) is 4.79 Å². The summed E-state index contributed by atoms with van der Waals surface area (Å²) in [7, 11) is 0. The Morgan fingerprint density at radius 3 is 2.76 bits per heavy atom. The van der Waals surface area contributed by atoms with E-state index in [0.29, 0.717) is 6.54 Å². The van der Waals surface area contributed by atoms with Gasteiger partial charge in [0.1, 0.15) is 0 Å². The van der Waals surface area contributed by atoms with E-state index < -0.39 is 12.8 Å². The number of carbonyl (C=O) groups excluding carboxylic acids is 1. The highest BCUT2D eigenvalue weighted by Crippen LogP contribution is 2.17. The first-order valence-electron chi connectivity index (χ1n) is 7.40. The van der Waals surface area contributed by atoms with Crippen molar-refractivity contribution in [2.45, 2.75) is 12.7 Å². The second-order valence-corrected chi connectivity index (χ2v) is 5.37. The smallest absolute Gasteiger partial charge is 0.422 e. The lowest BCUT2D eigenvalue weighted by Gasteiger charge is -2.09. The van der Waals surface area contributed by atoms with E-state index in [1.54, 1.807) is 0 Å². The number of amides is 1. The molecule has 3 rings (SSSR count). The number of carbonyl (C=O) groups is 1. The highest BCUT2D eigenvalue weighted by atomic mass is 19.4. The van der Waals surface area contributed by atoms with Crippen LogP contribution in [-0.2, 0) is 6.54 Å². The van der Waals surface area contributed by atoms with Gasteiger partial charge in [0, 0.05) is 30.5 Å². The van der Waals surface area contributed by atoms with Gasteiger partial charge in [-0.1, -0.05) is 6.07 Å². The summed E-state index contributed by atoms with van der Waals surface area (Å²) >= 11 is 0. The maximum Gasteiger partial charge on any atom is 0.422 e. The van der Waals surface area contributed by atoms with Gasteiger partial charge in [0.05, 0.1) is 5.56 Å². The van der Waals surface area contributed by atoms with Crippen molar-refractivity contribution in [1.82, 2.24) is 15.3 Å². The number of ether oxygens (including phenoxy) is 1. The lowest BCUT2D eigenvalue weighted by Crippen LogP contribution is -2.23. The van der Waals surface area contributed by atoms with Gasteiger partial charge >= 0.3 is 6.18 Å². The van der Waals surface area contributed by atoms with Crippen molar-refractivity contribution in [2.24, 2.45) is 0 Å². The van der Waals surface area contributed by atoms with Gasteiger partial charge in [0.25, 0.3) is 5.91 Å². The van der Waals surface area contributed by atoms with Crippen molar-refractivity contribution in [3.8, 4) is 5.88 Å². The number of alkyl halides is 3. The Balaban J connectivity index is 1.57. The zero-order chi connectivity index (χ0) is 17.9. The largest absolute Gasteiger partial charge is 0.468 e. The number of H-pyrrole nitrogens is 1. The van der Waals surface area contributed by atoms with Crippen LogP contribution >= 0.6 is 0 Å². The van der Waals surface area contributed by atoms with E-state index in [9.17, 15) is 18.0 Å². The Bertz CT molecular complexity index is 873. The van der Waals surface area contributed by atoms with Crippen LogP contribution in [0.25, 0.3) is 10.9 Å². The number of fused-ring (bicyclic) bond motifs is 1. The van der Waals surface area contributed by atoms with Crippen LogP contribution in [0.5, 0.6) is 5.88 Å². The summed E-state index contributed by atoms with van der Waals surface area (Å²) in [5.41, 5.74) is 2.18. The van der Waals surface area contributed by atoms with Gasteiger partial charge in [-0.15, -0.1) is 0 Å². The second-order valence-electron chi connectivity index (χ2n) is 5.37. The third-order valence-corrected chi connectivity index (χ3v) is 3.45. The number of nitrogens with zero attached hydrogens (tertiary/aromatic N) is 1. The number of halogens is 3. The molecule has 0 spiro atoms. The van der Waals surface area contributed by atoms with Crippen LogP contribution in [0.3, 0.4) is 0 Å². The molecule has 2 heterocycles. The molecule has 0 aliphatic carbocycles. The Morgan fingerprint density at radius 1 is 1.20 bits per heavy atom. The topological polar surface area (TPSA) is 67.0 Å². The summed E-state index contributed by atoms with van der Waals surface area (Å²) in [6.45, 7) is -1.10. The highest BCUT2D eigenvalue weighted by molar-refractivity contribution is 5.93. The predicted molar refractivity (Wildman–Crippen MR) is 85.3 cm³/mol. The molecule has 0 saturated carbocycles. The van der Waals surface area contributed by atoms with Crippen LogP contribution in [0, 0.1) is 0 Å². The Hall–Kier alpha value is -3.03. The molecule has 2 aromatic heterocycles. The Labute approximate surface area is 140 Å². The molecule has 0 saturated heterocycles. The van der Waals surface area contributed by atoms with Crippen LogP contribution in [-0.4, -0.2) is 28.7 Å². The van der Waals surface area contributed by atoms with E-state index >= 15 is 0 Å². The summed E-state index contributed by atoms with van der Waals surface area (Å²) < 4.78 is 40.7. The average Bonchev–Trinajstić information content (AvgIpc) is 3.05. The molecular formula is C17H14F3N3O2. The van der Waals surface area contributed by atoms with Crippen molar-refractivity contribution in [3.05, 3.63) is 59.9 Å². The number of benzene rings is 1. The maximum atomic E-state index is 12.1. The minimum absolute atomic E-state index is 0.188. The summed E-state index contributed by atoms with van der Waals surface area (Å²) in [5, 5.41) is 3.78. The van der Waals surface area contributed by atoms with E-state index in [1.165, 1.54) is 18.3 Å². The number of nitrogens with one attached hydrogen (secondary N) is 2. The number of aromatic amines is 1. The molecular weight excluding hydrogens is 335 g/mol. The number of pyridine rings is 1.